The number of aromatic amines is 1. The number of nitrogens with zero attached hydrogens (tertiary/aromatic N) is 1. The quantitative estimate of drug-likeness (QED) is 0.766. The van der Waals surface area contributed by atoms with Crippen LogP contribution in [0.25, 0.3) is 21.3 Å². The van der Waals surface area contributed by atoms with Gasteiger partial charge in [0.05, 0.1) is 10.4 Å². The second-order valence-electron chi connectivity index (χ2n) is 5.35. The molecule has 0 radical (unpaired) electrons. The molecule has 22 heavy (non-hydrogen) atoms. The Bertz CT molecular complexity index is 940. The van der Waals surface area contributed by atoms with Crippen LogP contribution in [-0.4, -0.2) is 9.97 Å². The normalized spacial score (nSPS) is 14.5. The van der Waals surface area contributed by atoms with Crippen molar-refractivity contribution in [3.8, 4) is 0 Å². The number of hydrogen-bond donors (Lipinski definition) is 1. The van der Waals surface area contributed by atoms with Crippen LogP contribution < -0.4 is 5.56 Å². The van der Waals surface area contributed by atoms with E-state index in [1.54, 1.807) is 11.3 Å². The van der Waals surface area contributed by atoms with Gasteiger partial charge in [0.15, 0.2) is 5.82 Å². The van der Waals surface area contributed by atoms with Crippen LogP contribution in [-0.2, 0) is 12.8 Å². The summed E-state index contributed by atoms with van der Waals surface area (Å²) in [6.45, 7) is 0. The summed E-state index contributed by atoms with van der Waals surface area (Å²) in [5.41, 5.74) is 2.08. The third-order valence-corrected chi connectivity index (χ3v) is 5.37. The Kier molecular flexibility index (Phi) is 3.36. The van der Waals surface area contributed by atoms with Gasteiger partial charge in [-0.25, -0.2) is 4.98 Å². The molecule has 3 nitrogen and oxygen atoms in total. The standard InChI is InChI=1S/C17H13ClN2OS/c18-12(9-10-5-2-1-3-6-10)15-19-16(21)14-11-7-4-8-13(11)22-17(14)20-15/h1-3,5-6,9H,4,7-8H2,(H,19,20,21)/b12-9-. The predicted molar refractivity (Wildman–Crippen MR) is 92.4 cm³/mol. The second-order valence-corrected chi connectivity index (χ2v) is 6.85. The molecule has 5 heteroatoms. The van der Waals surface area contributed by atoms with Crippen LogP contribution in [0.1, 0.15) is 28.2 Å². The molecule has 3 aromatic rings. The highest BCUT2D eigenvalue weighted by Gasteiger charge is 2.21. The van der Waals surface area contributed by atoms with Crippen molar-refractivity contribution in [2.75, 3.05) is 0 Å². The molecule has 1 aliphatic rings. The molecule has 0 aliphatic heterocycles. The van der Waals surface area contributed by atoms with Crippen LogP contribution in [0.5, 0.6) is 0 Å². The van der Waals surface area contributed by atoms with E-state index in [1.165, 1.54) is 10.4 Å². The molecule has 0 fully saturated rings. The van der Waals surface area contributed by atoms with E-state index in [-0.39, 0.29) is 5.56 Å². The molecule has 0 atom stereocenters. The summed E-state index contributed by atoms with van der Waals surface area (Å²) in [7, 11) is 0. The maximum atomic E-state index is 12.4. The van der Waals surface area contributed by atoms with Gasteiger partial charge in [0, 0.05) is 4.88 Å². The minimum Gasteiger partial charge on any atom is -0.305 e. The lowest BCUT2D eigenvalue weighted by Gasteiger charge is -2.00. The number of fused-ring (bicyclic) bond motifs is 3. The SMILES string of the molecule is O=c1[nH]c(/C(Cl)=C/c2ccccc2)nc2sc3c(c12)CCC3. The van der Waals surface area contributed by atoms with E-state index in [0.29, 0.717) is 10.9 Å². The highest BCUT2D eigenvalue weighted by atomic mass is 35.5. The number of rotatable bonds is 2. The lowest BCUT2D eigenvalue weighted by Crippen LogP contribution is -2.10. The van der Waals surface area contributed by atoms with Gasteiger partial charge in [-0.3, -0.25) is 4.79 Å². The Balaban J connectivity index is 1.83. The fourth-order valence-corrected chi connectivity index (χ4v) is 4.36. The molecule has 2 aromatic heterocycles. The highest BCUT2D eigenvalue weighted by Crippen LogP contribution is 2.35. The molecule has 0 saturated heterocycles. The van der Waals surface area contributed by atoms with E-state index in [0.717, 1.165) is 35.0 Å². The Labute approximate surface area is 136 Å². The molecule has 1 aromatic carbocycles. The van der Waals surface area contributed by atoms with E-state index in [1.807, 2.05) is 36.4 Å². The number of H-pyrrole nitrogens is 1. The van der Waals surface area contributed by atoms with E-state index >= 15 is 0 Å². The highest BCUT2D eigenvalue weighted by molar-refractivity contribution is 7.18. The van der Waals surface area contributed by atoms with Crippen molar-refractivity contribution in [2.24, 2.45) is 0 Å². The zero-order valence-electron chi connectivity index (χ0n) is 11.7. The lowest BCUT2D eigenvalue weighted by molar-refractivity contribution is 0.916. The summed E-state index contributed by atoms with van der Waals surface area (Å²) in [6, 6.07) is 9.75. The third kappa shape index (κ3) is 2.28. The van der Waals surface area contributed by atoms with Crippen LogP contribution in [0.4, 0.5) is 0 Å². The monoisotopic (exact) mass is 328 g/mol. The maximum Gasteiger partial charge on any atom is 0.260 e. The first-order chi connectivity index (χ1) is 10.7. The molecule has 1 N–H and O–H groups in total. The van der Waals surface area contributed by atoms with Gasteiger partial charge in [0.2, 0.25) is 0 Å². The Morgan fingerprint density at radius 3 is 2.91 bits per heavy atom. The average molecular weight is 329 g/mol. The van der Waals surface area contributed by atoms with E-state index < -0.39 is 0 Å². The minimum absolute atomic E-state index is 0.0842. The molecule has 110 valence electrons. The molecule has 4 rings (SSSR count). The number of hydrogen-bond acceptors (Lipinski definition) is 3. The van der Waals surface area contributed by atoms with Gasteiger partial charge >= 0.3 is 0 Å². The lowest BCUT2D eigenvalue weighted by atomic mass is 10.2. The average Bonchev–Trinajstić information content (AvgIpc) is 3.08. The fourth-order valence-electron chi connectivity index (χ4n) is 2.88. The number of aryl methyl sites for hydroxylation is 2. The molecular formula is C17H13ClN2OS. The molecule has 0 saturated carbocycles. The number of benzene rings is 1. The summed E-state index contributed by atoms with van der Waals surface area (Å²) >= 11 is 7.96. The van der Waals surface area contributed by atoms with Crippen LogP contribution in [0.2, 0.25) is 0 Å². The van der Waals surface area contributed by atoms with Crippen molar-refractivity contribution in [3.05, 3.63) is 62.5 Å². The van der Waals surface area contributed by atoms with Crippen molar-refractivity contribution in [2.45, 2.75) is 19.3 Å². The largest absolute Gasteiger partial charge is 0.305 e. The van der Waals surface area contributed by atoms with E-state index in [2.05, 4.69) is 9.97 Å². The summed E-state index contributed by atoms with van der Waals surface area (Å²) in [6.07, 6.45) is 4.98. The topological polar surface area (TPSA) is 45.8 Å². The molecule has 0 spiro atoms. The van der Waals surface area contributed by atoms with Crippen molar-refractivity contribution in [3.63, 3.8) is 0 Å². The summed E-state index contributed by atoms with van der Waals surface area (Å²) < 4.78 is 0. The van der Waals surface area contributed by atoms with Crippen LogP contribution >= 0.6 is 22.9 Å². The number of thiophene rings is 1. The van der Waals surface area contributed by atoms with Crippen LogP contribution in [0.3, 0.4) is 0 Å². The van der Waals surface area contributed by atoms with Crippen molar-refractivity contribution in [1.29, 1.82) is 0 Å². The Morgan fingerprint density at radius 1 is 1.27 bits per heavy atom. The van der Waals surface area contributed by atoms with E-state index in [9.17, 15) is 4.79 Å². The first kappa shape index (κ1) is 13.7. The zero-order chi connectivity index (χ0) is 15.1. The molecule has 0 unspecified atom stereocenters. The fraction of sp³-hybridized carbons (Fsp3) is 0.176. The molecular weight excluding hydrogens is 316 g/mol. The van der Waals surface area contributed by atoms with Gasteiger partial charge < -0.3 is 4.98 Å². The first-order valence-corrected chi connectivity index (χ1v) is 8.39. The number of nitrogens with one attached hydrogen (secondary N) is 1. The summed E-state index contributed by atoms with van der Waals surface area (Å²) in [5, 5.41) is 1.20. The second kappa shape index (κ2) is 5.38. The van der Waals surface area contributed by atoms with Gasteiger partial charge in [-0.15, -0.1) is 11.3 Å². The summed E-state index contributed by atoms with van der Waals surface area (Å²) in [5.74, 6) is 0.433. The van der Waals surface area contributed by atoms with E-state index in [4.69, 9.17) is 11.6 Å². The van der Waals surface area contributed by atoms with Crippen molar-refractivity contribution >= 4 is 44.3 Å². The third-order valence-electron chi connectivity index (χ3n) is 3.89. The van der Waals surface area contributed by atoms with Gasteiger partial charge in [-0.1, -0.05) is 41.9 Å². The van der Waals surface area contributed by atoms with Crippen LogP contribution in [0.15, 0.2) is 35.1 Å². The number of aromatic nitrogens is 2. The smallest absolute Gasteiger partial charge is 0.260 e. The maximum absolute atomic E-state index is 12.4. The first-order valence-electron chi connectivity index (χ1n) is 7.19. The van der Waals surface area contributed by atoms with Crippen molar-refractivity contribution < 1.29 is 0 Å². The van der Waals surface area contributed by atoms with Crippen molar-refractivity contribution in [1.82, 2.24) is 9.97 Å². The molecule has 2 heterocycles. The molecule has 0 amide bonds. The van der Waals surface area contributed by atoms with Crippen LogP contribution in [0, 0.1) is 0 Å². The minimum atomic E-state index is -0.0842. The summed E-state index contributed by atoms with van der Waals surface area (Å²) in [4.78, 5) is 21.9. The molecule has 0 bridgehead atoms. The van der Waals surface area contributed by atoms with Gasteiger partial charge in [0.25, 0.3) is 5.56 Å². The van der Waals surface area contributed by atoms with Gasteiger partial charge in [0.1, 0.15) is 4.83 Å². The molecule has 1 aliphatic carbocycles. The Hall–Kier alpha value is -1.91. The van der Waals surface area contributed by atoms with Gasteiger partial charge in [-0.2, -0.15) is 0 Å². The van der Waals surface area contributed by atoms with Gasteiger partial charge in [-0.05, 0) is 36.5 Å². The predicted octanol–water partition coefficient (Wildman–Crippen LogP) is 4.21. The zero-order valence-corrected chi connectivity index (χ0v) is 13.3. The number of halogens is 1. The Morgan fingerprint density at radius 2 is 2.09 bits per heavy atom.